The van der Waals surface area contributed by atoms with Crippen LogP contribution in [0.15, 0.2) is 72.8 Å². The molecule has 0 amide bonds. The minimum absolute atomic E-state index is 0.0114. The zero-order chi connectivity index (χ0) is 23.9. The van der Waals surface area contributed by atoms with Crippen LogP contribution in [-0.4, -0.2) is 51.0 Å². The summed E-state index contributed by atoms with van der Waals surface area (Å²) >= 11 is 0. The summed E-state index contributed by atoms with van der Waals surface area (Å²) < 4.78 is 5.40. The summed E-state index contributed by atoms with van der Waals surface area (Å²) in [6.07, 6.45) is 0.309. The smallest absolute Gasteiger partial charge is 0.193 e. The van der Waals surface area contributed by atoms with Crippen LogP contribution in [0.2, 0.25) is 0 Å². The van der Waals surface area contributed by atoms with Crippen molar-refractivity contribution in [1.29, 1.82) is 0 Å². The van der Waals surface area contributed by atoms with E-state index in [2.05, 4.69) is 23.6 Å². The molecule has 1 heterocycles. The Morgan fingerprint density at radius 3 is 1.85 bits per heavy atom. The average molecular weight is 457 g/mol. The molecule has 0 atom stereocenters. The minimum Gasteiger partial charge on any atom is -0.378 e. The quantitative estimate of drug-likeness (QED) is 0.423. The van der Waals surface area contributed by atoms with Gasteiger partial charge in [0.2, 0.25) is 0 Å². The molecule has 0 radical (unpaired) electrons. The zero-order valence-electron chi connectivity index (χ0n) is 20.0. The van der Waals surface area contributed by atoms with Gasteiger partial charge in [-0.1, -0.05) is 24.3 Å². The maximum atomic E-state index is 12.9. The van der Waals surface area contributed by atoms with Crippen molar-refractivity contribution >= 4 is 22.9 Å². The van der Waals surface area contributed by atoms with E-state index in [9.17, 15) is 9.59 Å². The average Bonchev–Trinajstić information content (AvgIpc) is 2.90. The normalized spacial score (nSPS) is 13.5. The standard InChI is InChI=1S/C29H32N2O3/c1-3-30(4-2)26-15-11-25(12-16-26)29(33)24-7-5-22(6-8-24)21-28(32)23-9-13-27(14-10-23)31-17-19-34-20-18-31/h5-16H,3-4,17-21H2,1-2H3. The predicted molar refractivity (Wildman–Crippen MR) is 137 cm³/mol. The molecule has 0 saturated carbocycles. The molecule has 0 aromatic heterocycles. The van der Waals surface area contributed by atoms with Crippen LogP contribution < -0.4 is 9.80 Å². The van der Waals surface area contributed by atoms with Gasteiger partial charge >= 0.3 is 0 Å². The Labute approximate surface area is 202 Å². The number of morpholine rings is 1. The second-order valence-electron chi connectivity index (χ2n) is 8.49. The van der Waals surface area contributed by atoms with E-state index in [-0.39, 0.29) is 11.6 Å². The monoisotopic (exact) mass is 456 g/mol. The van der Waals surface area contributed by atoms with Crippen LogP contribution in [0.1, 0.15) is 45.7 Å². The molecule has 1 fully saturated rings. The molecule has 5 nitrogen and oxygen atoms in total. The number of ether oxygens (including phenoxy) is 1. The van der Waals surface area contributed by atoms with Crippen molar-refractivity contribution in [2.24, 2.45) is 0 Å². The van der Waals surface area contributed by atoms with Gasteiger partial charge in [-0.05, 0) is 67.9 Å². The van der Waals surface area contributed by atoms with Crippen LogP contribution in [-0.2, 0) is 11.2 Å². The molecular formula is C29H32N2O3. The van der Waals surface area contributed by atoms with E-state index < -0.39 is 0 Å². The fourth-order valence-electron chi connectivity index (χ4n) is 4.32. The Morgan fingerprint density at radius 1 is 0.765 bits per heavy atom. The number of benzene rings is 3. The van der Waals surface area contributed by atoms with E-state index in [1.165, 1.54) is 0 Å². The van der Waals surface area contributed by atoms with Crippen molar-refractivity contribution in [2.75, 3.05) is 49.2 Å². The summed E-state index contributed by atoms with van der Waals surface area (Å²) in [5.74, 6) is 0.0577. The second kappa shape index (κ2) is 11.1. The number of carbonyl (C=O) groups is 2. The van der Waals surface area contributed by atoms with E-state index in [0.29, 0.717) is 23.1 Å². The third-order valence-electron chi connectivity index (χ3n) is 6.40. The first-order valence-electron chi connectivity index (χ1n) is 12.0. The van der Waals surface area contributed by atoms with Gasteiger partial charge in [0.05, 0.1) is 13.2 Å². The number of anilines is 2. The summed E-state index contributed by atoms with van der Waals surface area (Å²) in [5, 5.41) is 0. The maximum absolute atomic E-state index is 12.9. The van der Waals surface area contributed by atoms with Crippen molar-refractivity contribution < 1.29 is 14.3 Å². The van der Waals surface area contributed by atoms with Gasteiger partial charge in [0.25, 0.3) is 0 Å². The van der Waals surface area contributed by atoms with Crippen LogP contribution in [0.5, 0.6) is 0 Å². The van der Waals surface area contributed by atoms with Crippen LogP contribution in [0, 0.1) is 0 Å². The van der Waals surface area contributed by atoms with E-state index >= 15 is 0 Å². The molecule has 34 heavy (non-hydrogen) atoms. The summed E-state index contributed by atoms with van der Waals surface area (Å²) in [6.45, 7) is 9.33. The molecule has 4 rings (SSSR count). The van der Waals surface area contributed by atoms with Gasteiger partial charge in [0, 0.05) is 60.7 Å². The van der Waals surface area contributed by atoms with E-state index in [1.54, 1.807) is 0 Å². The summed E-state index contributed by atoms with van der Waals surface area (Å²) in [5.41, 5.74) is 5.13. The highest BCUT2D eigenvalue weighted by atomic mass is 16.5. The Bertz CT molecular complexity index is 1100. The van der Waals surface area contributed by atoms with Crippen LogP contribution in [0.25, 0.3) is 0 Å². The fraction of sp³-hybridized carbons (Fsp3) is 0.310. The highest BCUT2D eigenvalue weighted by Crippen LogP contribution is 2.20. The van der Waals surface area contributed by atoms with E-state index in [4.69, 9.17) is 4.74 Å². The molecule has 0 N–H and O–H groups in total. The van der Waals surface area contributed by atoms with Crippen molar-refractivity contribution in [1.82, 2.24) is 0 Å². The van der Waals surface area contributed by atoms with Gasteiger partial charge in [-0.25, -0.2) is 0 Å². The van der Waals surface area contributed by atoms with Gasteiger partial charge in [0.1, 0.15) is 0 Å². The lowest BCUT2D eigenvalue weighted by molar-refractivity contribution is 0.0992. The topological polar surface area (TPSA) is 49.9 Å². The molecular weight excluding hydrogens is 424 g/mol. The molecule has 0 unspecified atom stereocenters. The number of nitrogens with zero attached hydrogens (tertiary/aromatic N) is 2. The lowest BCUT2D eigenvalue weighted by atomic mass is 9.98. The number of Topliss-reactive ketones (excluding diaryl/α,β-unsaturated/α-hetero) is 1. The van der Waals surface area contributed by atoms with Gasteiger partial charge < -0.3 is 14.5 Å². The van der Waals surface area contributed by atoms with Crippen molar-refractivity contribution in [3.8, 4) is 0 Å². The number of hydrogen-bond acceptors (Lipinski definition) is 5. The minimum atomic E-state index is -0.0114. The Hall–Kier alpha value is -3.44. The summed E-state index contributed by atoms with van der Waals surface area (Å²) in [7, 11) is 0. The molecule has 3 aromatic carbocycles. The highest BCUT2D eigenvalue weighted by molar-refractivity contribution is 6.09. The number of carbonyl (C=O) groups excluding carboxylic acids is 2. The zero-order valence-corrected chi connectivity index (χ0v) is 20.0. The van der Waals surface area contributed by atoms with E-state index in [0.717, 1.165) is 56.3 Å². The van der Waals surface area contributed by atoms with Crippen molar-refractivity contribution in [3.05, 3.63) is 95.1 Å². The molecule has 5 heteroatoms. The number of hydrogen-bond donors (Lipinski definition) is 0. The SMILES string of the molecule is CCN(CC)c1ccc(C(=O)c2ccc(CC(=O)c3ccc(N4CCOCC4)cc3)cc2)cc1. The van der Waals surface area contributed by atoms with Crippen LogP contribution >= 0.6 is 0 Å². The fourth-order valence-corrected chi connectivity index (χ4v) is 4.32. The largest absolute Gasteiger partial charge is 0.378 e. The van der Waals surface area contributed by atoms with Gasteiger partial charge in [-0.2, -0.15) is 0 Å². The lowest BCUT2D eigenvalue weighted by Gasteiger charge is -2.28. The maximum Gasteiger partial charge on any atom is 0.193 e. The first-order chi connectivity index (χ1) is 16.6. The second-order valence-corrected chi connectivity index (χ2v) is 8.49. The van der Waals surface area contributed by atoms with Crippen molar-refractivity contribution in [3.63, 3.8) is 0 Å². The predicted octanol–water partition coefficient (Wildman–Crippen LogP) is 5.03. The molecule has 176 valence electrons. The van der Waals surface area contributed by atoms with Crippen molar-refractivity contribution in [2.45, 2.75) is 20.3 Å². The number of ketones is 2. The summed E-state index contributed by atoms with van der Waals surface area (Å²) in [6, 6.07) is 22.9. The lowest BCUT2D eigenvalue weighted by Crippen LogP contribution is -2.36. The summed E-state index contributed by atoms with van der Waals surface area (Å²) in [4.78, 5) is 30.2. The number of rotatable bonds is 9. The van der Waals surface area contributed by atoms with Crippen LogP contribution in [0.4, 0.5) is 11.4 Å². The molecule has 3 aromatic rings. The Morgan fingerprint density at radius 2 is 1.29 bits per heavy atom. The molecule has 1 aliphatic heterocycles. The van der Waals surface area contributed by atoms with Gasteiger partial charge in [0.15, 0.2) is 11.6 Å². The first-order valence-corrected chi connectivity index (χ1v) is 12.0. The Balaban J connectivity index is 1.37. The van der Waals surface area contributed by atoms with Crippen LogP contribution in [0.3, 0.4) is 0 Å². The van der Waals surface area contributed by atoms with E-state index in [1.807, 2.05) is 72.8 Å². The first kappa shape index (κ1) is 23.7. The molecule has 1 saturated heterocycles. The molecule has 0 aliphatic carbocycles. The Kier molecular flexibility index (Phi) is 7.76. The molecule has 0 bridgehead atoms. The third kappa shape index (κ3) is 5.54. The molecule has 0 spiro atoms. The molecule has 1 aliphatic rings. The highest BCUT2D eigenvalue weighted by Gasteiger charge is 2.14. The van der Waals surface area contributed by atoms with Gasteiger partial charge in [-0.3, -0.25) is 9.59 Å². The third-order valence-corrected chi connectivity index (χ3v) is 6.40. The van der Waals surface area contributed by atoms with Gasteiger partial charge in [-0.15, -0.1) is 0 Å².